The van der Waals surface area contributed by atoms with E-state index in [-0.39, 0.29) is 17.3 Å². The van der Waals surface area contributed by atoms with Crippen LogP contribution < -0.4 is 9.62 Å². The highest BCUT2D eigenvalue weighted by atomic mass is 32.2. The standard InChI is InChI=1S/C19H24N4O3S/c1-2-23(16-8-4-3-5-9-16)27(25,26)17-10-11-18(20-14-17)21-15-19(24)22-12-6-7-13-22/h3-5,8-11,14H,2,6-7,12-13,15H2,1H3,(H,20,21). The molecule has 2 aromatic rings. The van der Waals surface area contributed by atoms with Crippen LogP contribution in [0.15, 0.2) is 53.6 Å². The SMILES string of the molecule is CCN(c1ccccc1)S(=O)(=O)c1ccc(NCC(=O)N2CCCC2)nc1. The molecule has 0 atom stereocenters. The number of aromatic nitrogens is 1. The van der Waals surface area contributed by atoms with E-state index in [1.807, 2.05) is 11.0 Å². The van der Waals surface area contributed by atoms with Crippen LogP contribution in [0.1, 0.15) is 19.8 Å². The summed E-state index contributed by atoms with van der Waals surface area (Å²) in [6.07, 6.45) is 3.42. The van der Waals surface area contributed by atoms with Crippen molar-refractivity contribution in [1.82, 2.24) is 9.88 Å². The van der Waals surface area contributed by atoms with Gasteiger partial charge in [-0.2, -0.15) is 0 Å². The van der Waals surface area contributed by atoms with E-state index in [4.69, 9.17) is 0 Å². The van der Waals surface area contributed by atoms with Crippen LogP contribution >= 0.6 is 0 Å². The maximum atomic E-state index is 12.9. The lowest BCUT2D eigenvalue weighted by atomic mass is 10.3. The number of likely N-dealkylation sites (tertiary alicyclic amines) is 1. The Bertz CT molecular complexity index is 864. The molecular weight excluding hydrogens is 364 g/mol. The summed E-state index contributed by atoms with van der Waals surface area (Å²) in [5, 5.41) is 2.96. The Morgan fingerprint density at radius 2 is 1.85 bits per heavy atom. The quantitative estimate of drug-likeness (QED) is 0.787. The molecule has 1 aliphatic rings. The van der Waals surface area contributed by atoms with Crippen LogP contribution in [0.3, 0.4) is 0 Å². The van der Waals surface area contributed by atoms with Crippen LogP contribution in [0.4, 0.5) is 11.5 Å². The Labute approximate surface area is 160 Å². The zero-order valence-corrected chi connectivity index (χ0v) is 16.2. The summed E-state index contributed by atoms with van der Waals surface area (Å²) in [6, 6.07) is 12.1. The van der Waals surface area contributed by atoms with E-state index in [0.29, 0.717) is 18.1 Å². The molecule has 144 valence electrons. The average Bonchev–Trinajstić information content (AvgIpc) is 3.22. The predicted molar refractivity (Wildman–Crippen MR) is 105 cm³/mol. The van der Waals surface area contributed by atoms with Crippen molar-refractivity contribution in [2.75, 3.05) is 35.8 Å². The first-order chi connectivity index (χ1) is 13.0. The van der Waals surface area contributed by atoms with Crippen molar-refractivity contribution in [2.24, 2.45) is 0 Å². The van der Waals surface area contributed by atoms with Gasteiger partial charge in [-0.1, -0.05) is 18.2 Å². The summed E-state index contributed by atoms with van der Waals surface area (Å²) >= 11 is 0. The summed E-state index contributed by atoms with van der Waals surface area (Å²) in [5.41, 5.74) is 0.610. The molecule has 7 nitrogen and oxygen atoms in total. The number of rotatable bonds is 7. The highest BCUT2D eigenvalue weighted by Gasteiger charge is 2.24. The van der Waals surface area contributed by atoms with Crippen LogP contribution in [-0.2, 0) is 14.8 Å². The molecule has 1 aromatic heterocycles. The number of anilines is 2. The minimum atomic E-state index is -3.70. The van der Waals surface area contributed by atoms with Crippen LogP contribution in [0.25, 0.3) is 0 Å². The van der Waals surface area contributed by atoms with E-state index < -0.39 is 10.0 Å². The first-order valence-electron chi connectivity index (χ1n) is 9.08. The minimum Gasteiger partial charge on any atom is -0.361 e. The van der Waals surface area contributed by atoms with Gasteiger partial charge in [0, 0.05) is 25.8 Å². The fourth-order valence-corrected chi connectivity index (χ4v) is 4.51. The van der Waals surface area contributed by atoms with Gasteiger partial charge in [0.1, 0.15) is 10.7 Å². The number of sulfonamides is 1. The van der Waals surface area contributed by atoms with E-state index in [1.54, 1.807) is 37.3 Å². The van der Waals surface area contributed by atoms with Gasteiger partial charge in [-0.05, 0) is 44.0 Å². The summed E-state index contributed by atoms with van der Waals surface area (Å²) in [6.45, 7) is 3.87. The summed E-state index contributed by atoms with van der Waals surface area (Å²) < 4.78 is 27.2. The smallest absolute Gasteiger partial charge is 0.265 e. The monoisotopic (exact) mass is 388 g/mol. The van der Waals surface area contributed by atoms with Crippen molar-refractivity contribution >= 4 is 27.4 Å². The largest absolute Gasteiger partial charge is 0.361 e. The average molecular weight is 388 g/mol. The Balaban J connectivity index is 1.69. The normalized spacial score (nSPS) is 14.2. The molecule has 1 fully saturated rings. The number of nitrogens with zero attached hydrogens (tertiary/aromatic N) is 3. The number of carbonyl (C=O) groups is 1. The van der Waals surface area contributed by atoms with Gasteiger partial charge in [0.15, 0.2) is 0 Å². The van der Waals surface area contributed by atoms with Crippen molar-refractivity contribution in [3.63, 3.8) is 0 Å². The molecule has 0 saturated carbocycles. The van der Waals surface area contributed by atoms with Gasteiger partial charge in [0.05, 0.1) is 12.2 Å². The molecular formula is C19H24N4O3S. The third-order valence-corrected chi connectivity index (χ3v) is 6.42. The fraction of sp³-hybridized carbons (Fsp3) is 0.368. The van der Waals surface area contributed by atoms with Gasteiger partial charge in [0.25, 0.3) is 10.0 Å². The minimum absolute atomic E-state index is 0.0345. The lowest BCUT2D eigenvalue weighted by Gasteiger charge is -2.22. The van der Waals surface area contributed by atoms with Crippen LogP contribution in [0.2, 0.25) is 0 Å². The lowest BCUT2D eigenvalue weighted by molar-refractivity contribution is -0.128. The second-order valence-corrected chi connectivity index (χ2v) is 8.19. The van der Waals surface area contributed by atoms with E-state index in [0.717, 1.165) is 25.9 Å². The summed E-state index contributed by atoms with van der Waals surface area (Å²) in [4.78, 5) is 18.2. The zero-order chi connectivity index (χ0) is 19.3. The molecule has 2 heterocycles. The molecule has 0 unspecified atom stereocenters. The van der Waals surface area contributed by atoms with Crippen molar-refractivity contribution in [2.45, 2.75) is 24.7 Å². The van der Waals surface area contributed by atoms with E-state index in [2.05, 4.69) is 10.3 Å². The molecule has 1 aromatic carbocycles. The molecule has 8 heteroatoms. The maximum Gasteiger partial charge on any atom is 0.265 e. The molecule has 3 rings (SSSR count). The van der Waals surface area contributed by atoms with Crippen molar-refractivity contribution in [1.29, 1.82) is 0 Å². The van der Waals surface area contributed by atoms with Gasteiger partial charge in [0.2, 0.25) is 5.91 Å². The van der Waals surface area contributed by atoms with Crippen LogP contribution in [0.5, 0.6) is 0 Å². The van der Waals surface area contributed by atoms with Gasteiger partial charge in [-0.15, -0.1) is 0 Å². The number of para-hydroxylation sites is 1. The van der Waals surface area contributed by atoms with Crippen LogP contribution in [0, 0.1) is 0 Å². The number of pyridine rings is 1. The number of nitrogens with one attached hydrogen (secondary N) is 1. The number of carbonyl (C=O) groups excluding carboxylic acids is 1. The number of amides is 1. The number of hydrogen-bond acceptors (Lipinski definition) is 5. The van der Waals surface area contributed by atoms with E-state index in [9.17, 15) is 13.2 Å². The van der Waals surface area contributed by atoms with E-state index >= 15 is 0 Å². The number of hydrogen-bond donors (Lipinski definition) is 1. The van der Waals surface area contributed by atoms with E-state index in [1.165, 1.54) is 16.6 Å². The molecule has 0 aliphatic carbocycles. The third-order valence-electron chi connectivity index (χ3n) is 4.54. The van der Waals surface area contributed by atoms with Gasteiger partial charge in [-0.25, -0.2) is 13.4 Å². The molecule has 0 radical (unpaired) electrons. The maximum absolute atomic E-state index is 12.9. The third kappa shape index (κ3) is 4.39. The van der Waals surface area contributed by atoms with Crippen molar-refractivity contribution in [3.05, 3.63) is 48.7 Å². The molecule has 0 spiro atoms. The lowest BCUT2D eigenvalue weighted by Crippen LogP contribution is -2.33. The number of benzene rings is 1. The van der Waals surface area contributed by atoms with Gasteiger partial charge < -0.3 is 10.2 Å². The van der Waals surface area contributed by atoms with Crippen molar-refractivity contribution in [3.8, 4) is 0 Å². The second-order valence-electron chi connectivity index (χ2n) is 6.33. The highest BCUT2D eigenvalue weighted by molar-refractivity contribution is 7.92. The highest BCUT2D eigenvalue weighted by Crippen LogP contribution is 2.23. The Kier molecular flexibility index (Phi) is 5.95. The van der Waals surface area contributed by atoms with Gasteiger partial charge in [-0.3, -0.25) is 9.10 Å². The fourth-order valence-electron chi connectivity index (χ4n) is 3.09. The summed E-state index contributed by atoms with van der Waals surface area (Å²) in [7, 11) is -3.70. The van der Waals surface area contributed by atoms with Crippen LogP contribution in [-0.4, -0.2) is 50.4 Å². The first-order valence-corrected chi connectivity index (χ1v) is 10.5. The van der Waals surface area contributed by atoms with Gasteiger partial charge >= 0.3 is 0 Å². The summed E-state index contributed by atoms with van der Waals surface area (Å²) in [5.74, 6) is 0.511. The molecule has 1 saturated heterocycles. The molecule has 0 bridgehead atoms. The molecule has 1 N–H and O–H groups in total. The Morgan fingerprint density at radius 3 is 2.44 bits per heavy atom. The van der Waals surface area contributed by atoms with Crippen molar-refractivity contribution < 1.29 is 13.2 Å². The Hall–Kier alpha value is -2.61. The predicted octanol–water partition coefficient (Wildman–Crippen LogP) is 2.33. The molecule has 1 aliphatic heterocycles. The zero-order valence-electron chi connectivity index (χ0n) is 15.3. The molecule has 27 heavy (non-hydrogen) atoms. The first kappa shape index (κ1) is 19.2. The molecule has 1 amide bonds. The Morgan fingerprint density at radius 1 is 1.15 bits per heavy atom. The topological polar surface area (TPSA) is 82.6 Å². The second kappa shape index (κ2) is 8.39.